The summed E-state index contributed by atoms with van der Waals surface area (Å²) in [5, 5.41) is 0.903. The fraction of sp³-hybridized carbons (Fsp3) is 0.200. The van der Waals surface area contributed by atoms with Crippen molar-refractivity contribution >= 4 is 35.2 Å². The van der Waals surface area contributed by atoms with Gasteiger partial charge in [-0.25, -0.2) is 4.79 Å². The summed E-state index contributed by atoms with van der Waals surface area (Å²) < 4.78 is 0. The summed E-state index contributed by atoms with van der Waals surface area (Å²) in [7, 11) is 1.58. The van der Waals surface area contributed by atoms with Crippen molar-refractivity contribution in [2.24, 2.45) is 16.5 Å². The summed E-state index contributed by atoms with van der Waals surface area (Å²) >= 11 is 11.6. The lowest BCUT2D eigenvalue weighted by Crippen LogP contribution is -2.29. The smallest absolute Gasteiger partial charge is 0.346 e. The van der Waals surface area contributed by atoms with Gasteiger partial charge in [0.15, 0.2) is 5.96 Å². The average Bonchev–Trinajstić information content (AvgIpc) is 2.22. The minimum Gasteiger partial charge on any atom is -0.370 e. The SMILES string of the molecule is CN(Cc1ccc(Cl)c(Cl)c1)C(=O)N=C(N)N. The second kappa shape index (κ2) is 5.75. The third kappa shape index (κ3) is 4.13. The Labute approximate surface area is 109 Å². The van der Waals surface area contributed by atoms with E-state index in [-0.39, 0.29) is 5.96 Å². The van der Waals surface area contributed by atoms with Gasteiger partial charge in [0.2, 0.25) is 0 Å². The highest BCUT2D eigenvalue weighted by Crippen LogP contribution is 2.23. The molecule has 5 nitrogen and oxygen atoms in total. The number of carbonyl (C=O) groups excluding carboxylic acids is 1. The van der Waals surface area contributed by atoms with E-state index in [2.05, 4.69) is 4.99 Å². The van der Waals surface area contributed by atoms with Crippen LogP contribution in [0.3, 0.4) is 0 Å². The van der Waals surface area contributed by atoms with Crippen molar-refractivity contribution in [2.75, 3.05) is 7.05 Å². The minimum absolute atomic E-state index is 0.268. The topological polar surface area (TPSA) is 84.7 Å². The van der Waals surface area contributed by atoms with E-state index >= 15 is 0 Å². The molecule has 1 aromatic rings. The zero-order valence-electron chi connectivity index (χ0n) is 9.15. The molecule has 1 aromatic carbocycles. The molecule has 0 aromatic heterocycles. The van der Waals surface area contributed by atoms with Crippen LogP contribution in [-0.2, 0) is 6.54 Å². The van der Waals surface area contributed by atoms with Gasteiger partial charge in [0, 0.05) is 13.6 Å². The molecule has 7 heteroatoms. The zero-order chi connectivity index (χ0) is 13.0. The first-order valence-corrected chi connectivity index (χ1v) is 5.44. The molecule has 0 aliphatic rings. The monoisotopic (exact) mass is 274 g/mol. The molecule has 1 rings (SSSR count). The molecule has 0 unspecified atom stereocenters. The first kappa shape index (κ1) is 13.6. The highest BCUT2D eigenvalue weighted by molar-refractivity contribution is 6.42. The van der Waals surface area contributed by atoms with Crippen LogP contribution in [0.25, 0.3) is 0 Å². The average molecular weight is 275 g/mol. The Balaban J connectivity index is 2.74. The molecular formula is C10H12Cl2N4O. The Bertz CT molecular complexity index is 458. The van der Waals surface area contributed by atoms with Crippen molar-refractivity contribution in [3.05, 3.63) is 33.8 Å². The highest BCUT2D eigenvalue weighted by Gasteiger charge is 2.09. The van der Waals surface area contributed by atoms with Crippen LogP contribution in [0.5, 0.6) is 0 Å². The number of nitrogens with zero attached hydrogens (tertiary/aromatic N) is 2. The molecule has 17 heavy (non-hydrogen) atoms. The molecule has 92 valence electrons. The molecule has 0 spiro atoms. The summed E-state index contributed by atoms with van der Waals surface area (Å²) in [6.07, 6.45) is 0. The molecule has 2 amide bonds. The van der Waals surface area contributed by atoms with E-state index in [1.807, 2.05) is 0 Å². The lowest BCUT2D eigenvalue weighted by atomic mass is 10.2. The van der Waals surface area contributed by atoms with Crippen molar-refractivity contribution in [1.29, 1.82) is 0 Å². The summed E-state index contributed by atoms with van der Waals surface area (Å²) in [5.74, 6) is -0.268. The zero-order valence-corrected chi connectivity index (χ0v) is 10.7. The van der Waals surface area contributed by atoms with Gasteiger partial charge < -0.3 is 16.4 Å². The second-order valence-corrected chi connectivity index (χ2v) is 4.24. The number of guanidine groups is 1. The highest BCUT2D eigenvalue weighted by atomic mass is 35.5. The number of amides is 2. The Morgan fingerprint density at radius 1 is 1.35 bits per heavy atom. The molecule has 0 fully saturated rings. The molecule has 4 N–H and O–H groups in total. The van der Waals surface area contributed by atoms with Crippen LogP contribution in [0, 0.1) is 0 Å². The number of aliphatic imine (C=N–C) groups is 1. The molecule has 0 atom stereocenters. The van der Waals surface area contributed by atoms with Crippen molar-refractivity contribution in [2.45, 2.75) is 6.54 Å². The van der Waals surface area contributed by atoms with Crippen LogP contribution in [0.4, 0.5) is 4.79 Å². The normalized spacial score (nSPS) is 9.82. The van der Waals surface area contributed by atoms with Crippen molar-refractivity contribution in [1.82, 2.24) is 4.90 Å². The van der Waals surface area contributed by atoms with E-state index in [4.69, 9.17) is 34.7 Å². The summed E-state index contributed by atoms with van der Waals surface area (Å²) in [5.41, 5.74) is 11.1. The molecule has 0 bridgehead atoms. The maximum atomic E-state index is 11.4. The van der Waals surface area contributed by atoms with Gasteiger partial charge in [0.05, 0.1) is 10.0 Å². The summed E-state index contributed by atoms with van der Waals surface area (Å²) in [4.78, 5) is 16.2. The lowest BCUT2D eigenvalue weighted by Gasteiger charge is -2.14. The van der Waals surface area contributed by atoms with Crippen LogP contribution in [0.2, 0.25) is 10.0 Å². The number of halogens is 2. The lowest BCUT2D eigenvalue weighted by molar-refractivity contribution is 0.217. The van der Waals surface area contributed by atoms with Crippen LogP contribution in [-0.4, -0.2) is 23.9 Å². The van der Waals surface area contributed by atoms with E-state index < -0.39 is 6.03 Å². The van der Waals surface area contributed by atoms with Crippen LogP contribution in [0.15, 0.2) is 23.2 Å². The van der Waals surface area contributed by atoms with Gasteiger partial charge in [0.25, 0.3) is 0 Å². The maximum absolute atomic E-state index is 11.4. The number of carbonyl (C=O) groups is 1. The Morgan fingerprint density at radius 2 is 2.00 bits per heavy atom. The Morgan fingerprint density at radius 3 is 2.53 bits per heavy atom. The predicted octanol–water partition coefficient (Wildman–Crippen LogP) is 1.82. The first-order chi connectivity index (χ1) is 7.90. The number of rotatable bonds is 2. The molecular weight excluding hydrogens is 263 g/mol. The Kier molecular flexibility index (Phi) is 4.60. The minimum atomic E-state index is -0.518. The molecule has 0 aliphatic heterocycles. The molecule has 0 heterocycles. The van der Waals surface area contributed by atoms with Gasteiger partial charge in [-0.3, -0.25) is 0 Å². The van der Waals surface area contributed by atoms with Crippen molar-refractivity contribution in [3.63, 3.8) is 0 Å². The van der Waals surface area contributed by atoms with Gasteiger partial charge in [-0.05, 0) is 17.7 Å². The van der Waals surface area contributed by atoms with Gasteiger partial charge >= 0.3 is 6.03 Å². The summed E-state index contributed by atoms with van der Waals surface area (Å²) in [6, 6.07) is 4.60. The first-order valence-electron chi connectivity index (χ1n) is 4.69. The largest absolute Gasteiger partial charge is 0.370 e. The van der Waals surface area contributed by atoms with Gasteiger partial charge in [-0.2, -0.15) is 4.99 Å². The quantitative estimate of drug-likeness (QED) is 0.637. The van der Waals surface area contributed by atoms with Gasteiger partial charge in [-0.1, -0.05) is 29.3 Å². The van der Waals surface area contributed by atoms with Crippen LogP contribution < -0.4 is 11.5 Å². The maximum Gasteiger partial charge on any atom is 0.346 e. The number of hydrogen-bond donors (Lipinski definition) is 2. The van der Waals surface area contributed by atoms with Gasteiger partial charge in [0.1, 0.15) is 0 Å². The number of benzene rings is 1. The summed E-state index contributed by atoms with van der Waals surface area (Å²) in [6.45, 7) is 0.340. The van der Waals surface area contributed by atoms with E-state index in [0.717, 1.165) is 5.56 Å². The number of hydrogen-bond acceptors (Lipinski definition) is 1. The van der Waals surface area contributed by atoms with E-state index in [9.17, 15) is 4.79 Å². The van der Waals surface area contributed by atoms with Crippen molar-refractivity contribution in [3.8, 4) is 0 Å². The van der Waals surface area contributed by atoms with Crippen LogP contribution in [0.1, 0.15) is 5.56 Å². The number of urea groups is 1. The molecule has 0 saturated heterocycles. The van der Waals surface area contributed by atoms with Gasteiger partial charge in [-0.15, -0.1) is 0 Å². The van der Waals surface area contributed by atoms with E-state index in [1.165, 1.54) is 4.90 Å². The third-order valence-electron chi connectivity index (χ3n) is 1.96. The van der Waals surface area contributed by atoms with E-state index in [0.29, 0.717) is 16.6 Å². The third-order valence-corrected chi connectivity index (χ3v) is 2.69. The Hall–Kier alpha value is -1.46. The fourth-order valence-electron chi connectivity index (χ4n) is 1.18. The predicted molar refractivity (Wildman–Crippen MR) is 69.1 cm³/mol. The number of nitrogens with two attached hydrogens (primary N) is 2. The standard InChI is InChI=1S/C10H12Cl2N4O/c1-16(10(17)15-9(13)14)5-6-2-3-7(11)8(12)4-6/h2-4H,5H2,1H3,(H4,13,14,15,17). The van der Waals surface area contributed by atoms with E-state index in [1.54, 1.807) is 25.2 Å². The second-order valence-electron chi connectivity index (χ2n) is 3.42. The van der Waals surface area contributed by atoms with Crippen LogP contribution >= 0.6 is 23.2 Å². The van der Waals surface area contributed by atoms with Crippen molar-refractivity contribution < 1.29 is 4.79 Å². The fourth-order valence-corrected chi connectivity index (χ4v) is 1.50. The molecule has 0 saturated carbocycles. The molecule has 0 radical (unpaired) electrons. The molecule has 0 aliphatic carbocycles.